The molecule has 29 heavy (non-hydrogen) atoms. The molecule has 0 heterocycles. The van der Waals surface area contributed by atoms with Gasteiger partial charge >= 0.3 is 0 Å². The molecule has 0 bridgehead atoms. The zero-order valence-electron chi connectivity index (χ0n) is 19.3. The van der Waals surface area contributed by atoms with Gasteiger partial charge in [0.05, 0.1) is 6.17 Å². The van der Waals surface area contributed by atoms with E-state index in [0.29, 0.717) is 12.1 Å². The number of nitrogens with one attached hydrogen (secondary N) is 1. The SMILES string of the molecule is CCN(CC)C(NC)C(CCCCCc1ccccc1)(c1ccccc1)C(C)C. The van der Waals surface area contributed by atoms with E-state index < -0.39 is 0 Å². The zero-order chi connectivity index (χ0) is 21.1. The number of aryl methyl sites for hydroxylation is 1. The van der Waals surface area contributed by atoms with E-state index in [-0.39, 0.29) is 5.41 Å². The molecule has 0 spiro atoms. The van der Waals surface area contributed by atoms with Crippen molar-refractivity contribution in [1.29, 1.82) is 0 Å². The Morgan fingerprint density at radius 3 is 1.93 bits per heavy atom. The number of unbranched alkanes of at least 4 members (excludes halogenated alkanes) is 2. The van der Waals surface area contributed by atoms with Gasteiger partial charge in [0.1, 0.15) is 0 Å². The molecule has 2 aromatic carbocycles. The van der Waals surface area contributed by atoms with Crippen LogP contribution in [-0.2, 0) is 11.8 Å². The standard InChI is InChI=1S/C27H42N2/c1-6-29(7-2)26(28-5)27(23(3)4,25-20-14-9-15-21-25)22-16-10-13-19-24-17-11-8-12-18-24/h8-9,11-12,14-15,17-18,20-21,23,26,28H,6-7,10,13,16,19,22H2,1-5H3. The van der Waals surface area contributed by atoms with Crippen LogP contribution in [0.3, 0.4) is 0 Å². The maximum Gasteiger partial charge on any atom is 0.0696 e. The van der Waals surface area contributed by atoms with E-state index in [0.717, 1.165) is 13.1 Å². The molecule has 2 aromatic rings. The Bertz CT molecular complexity index is 663. The highest BCUT2D eigenvalue weighted by Gasteiger charge is 2.44. The van der Waals surface area contributed by atoms with E-state index >= 15 is 0 Å². The Kier molecular flexibility index (Phi) is 9.90. The number of hydrogen-bond acceptors (Lipinski definition) is 2. The third-order valence-corrected chi connectivity index (χ3v) is 6.68. The Morgan fingerprint density at radius 2 is 1.41 bits per heavy atom. The summed E-state index contributed by atoms with van der Waals surface area (Å²) in [5.74, 6) is 0.553. The molecular weight excluding hydrogens is 352 g/mol. The molecule has 0 saturated carbocycles. The average molecular weight is 395 g/mol. The Hall–Kier alpha value is -1.64. The first-order valence-corrected chi connectivity index (χ1v) is 11.6. The van der Waals surface area contributed by atoms with Crippen LogP contribution < -0.4 is 5.32 Å². The van der Waals surface area contributed by atoms with E-state index in [2.05, 4.69) is 106 Å². The van der Waals surface area contributed by atoms with Crippen molar-refractivity contribution in [2.24, 2.45) is 5.92 Å². The molecule has 160 valence electrons. The van der Waals surface area contributed by atoms with Crippen molar-refractivity contribution in [3.63, 3.8) is 0 Å². The molecule has 2 unspecified atom stereocenters. The molecule has 2 rings (SSSR count). The average Bonchev–Trinajstić information content (AvgIpc) is 2.76. The first kappa shape index (κ1) is 23.6. The predicted molar refractivity (Wildman–Crippen MR) is 127 cm³/mol. The first-order valence-electron chi connectivity index (χ1n) is 11.6. The Morgan fingerprint density at radius 1 is 0.828 bits per heavy atom. The fourth-order valence-corrected chi connectivity index (χ4v) is 5.05. The van der Waals surface area contributed by atoms with Gasteiger partial charge in [0.25, 0.3) is 0 Å². The number of rotatable bonds is 13. The van der Waals surface area contributed by atoms with Crippen LogP contribution in [0.2, 0.25) is 0 Å². The van der Waals surface area contributed by atoms with Crippen LogP contribution in [0.5, 0.6) is 0 Å². The van der Waals surface area contributed by atoms with Crippen molar-refractivity contribution in [3.8, 4) is 0 Å². The minimum atomic E-state index is 0.106. The molecule has 0 aliphatic heterocycles. The highest BCUT2D eigenvalue weighted by atomic mass is 15.3. The quantitative estimate of drug-likeness (QED) is 0.318. The van der Waals surface area contributed by atoms with Gasteiger partial charge in [0.15, 0.2) is 0 Å². The predicted octanol–water partition coefficient (Wildman–Crippen LogP) is 6.27. The van der Waals surface area contributed by atoms with Gasteiger partial charge in [0.2, 0.25) is 0 Å². The Balaban J connectivity index is 2.19. The maximum atomic E-state index is 3.72. The molecule has 1 N–H and O–H groups in total. The van der Waals surface area contributed by atoms with Crippen LogP contribution in [0.15, 0.2) is 60.7 Å². The van der Waals surface area contributed by atoms with Crippen molar-refractivity contribution >= 4 is 0 Å². The number of likely N-dealkylation sites (N-methyl/N-ethyl adjacent to an activating group) is 2. The lowest BCUT2D eigenvalue weighted by Gasteiger charge is -2.49. The van der Waals surface area contributed by atoms with Gasteiger partial charge in [-0.1, -0.05) is 101 Å². The minimum Gasteiger partial charge on any atom is -0.304 e. The summed E-state index contributed by atoms with van der Waals surface area (Å²) < 4.78 is 0. The second-order valence-corrected chi connectivity index (χ2v) is 8.52. The highest BCUT2D eigenvalue weighted by Crippen LogP contribution is 2.42. The van der Waals surface area contributed by atoms with Crippen molar-refractivity contribution in [2.45, 2.75) is 71.4 Å². The topological polar surface area (TPSA) is 15.3 Å². The normalized spacial score (nSPS) is 14.9. The van der Waals surface area contributed by atoms with Gasteiger partial charge in [-0.15, -0.1) is 0 Å². The second kappa shape index (κ2) is 12.1. The van der Waals surface area contributed by atoms with E-state index in [1.54, 1.807) is 0 Å². The lowest BCUT2D eigenvalue weighted by molar-refractivity contribution is 0.0634. The summed E-state index contributed by atoms with van der Waals surface area (Å²) in [7, 11) is 2.14. The second-order valence-electron chi connectivity index (χ2n) is 8.52. The molecule has 0 aliphatic carbocycles. The van der Waals surface area contributed by atoms with Crippen LogP contribution in [-0.4, -0.2) is 31.2 Å². The monoisotopic (exact) mass is 394 g/mol. The summed E-state index contributed by atoms with van der Waals surface area (Å²) in [4.78, 5) is 2.59. The molecule has 2 nitrogen and oxygen atoms in total. The van der Waals surface area contributed by atoms with Gasteiger partial charge in [-0.25, -0.2) is 0 Å². The van der Waals surface area contributed by atoms with E-state index in [1.165, 1.54) is 43.2 Å². The zero-order valence-corrected chi connectivity index (χ0v) is 19.3. The van der Waals surface area contributed by atoms with Gasteiger partial charge in [-0.3, -0.25) is 4.90 Å². The molecule has 2 atom stereocenters. The molecule has 0 aliphatic rings. The van der Waals surface area contributed by atoms with Crippen molar-refractivity contribution in [2.75, 3.05) is 20.1 Å². The van der Waals surface area contributed by atoms with Gasteiger partial charge in [-0.05, 0) is 56.4 Å². The maximum absolute atomic E-state index is 3.72. The molecule has 0 radical (unpaired) electrons. The third-order valence-electron chi connectivity index (χ3n) is 6.68. The number of nitrogens with zero attached hydrogens (tertiary/aromatic N) is 1. The third kappa shape index (κ3) is 5.93. The smallest absolute Gasteiger partial charge is 0.0696 e. The van der Waals surface area contributed by atoms with E-state index in [1.807, 2.05) is 0 Å². The lowest BCUT2D eigenvalue weighted by Crippen LogP contribution is -2.59. The fraction of sp³-hybridized carbons (Fsp3) is 0.556. The molecular formula is C27H42N2. The summed E-state index contributed by atoms with van der Waals surface area (Å²) in [6.45, 7) is 11.5. The van der Waals surface area contributed by atoms with Crippen LogP contribution in [0.1, 0.15) is 64.5 Å². The minimum absolute atomic E-state index is 0.106. The van der Waals surface area contributed by atoms with Crippen LogP contribution >= 0.6 is 0 Å². The van der Waals surface area contributed by atoms with Gasteiger partial charge < -0.3 is 5.32 Å². The van der Waals surface area contributed by atoms with Crippen LogP contribution in [0.4, 0.5) is 0 Å². The molecule has 0 saturated heterocycles. The lowest BCUT2D eigenvalue weighted by atomic mass is 9.65. The molecule has 0 fully saturated rings. The van der Waals surface area contributed by atoms with E-state index in [9.17, 15) is 0 Å². The van der Waals surface area contributed by atoms with Crippen LogP contribution in [0.25, 0.3) is 0 Å². The van der Waals surface area contributed by atoms with Gasteiger partial charge in [0, 0.05) is 5.41 Å². The Labute approximate surface area is 179 Å². The number of hydrogen-bond donors (Lipinski definition) is 1. The summed E-state index contributed by atoms with van der Waals surface area (Å²) in [5, 5.41) is 3.72. The highest BCUT2D eigenvalue weighted by molar-refractivity contribution is 5.29. The molecule has 0 aromatic heterocycles. The van der Waals surface area contributed by atoms with Gasteiger partial charge in [-0.2, -0.15) is 0 Å². The molecule has 0 amide bonds. The molecule has 2 heteroatoms. The fourth-order valence-electron chi connectivity index (χ4n) is 5.05. The summed E-state index contributed by atoms with van der Waals surface area (Å²) in [5.41, 5.74) is 3.04. The summed E-state index contributed by atoms with van der Waals surface area (Å²) in [6.07, 6.45) is 6.55. The van der Waals surface area contributed by atoms with E-state index in [4.69, 9.17) is 0 Å². The first-order chi connectivity index (χ1) is 14.1. The van der Waals surface area contributed by atoms with Crippen molar-refractivity contribution in [3.05, 3.63) is 71.8 Å². The van der Waals surface area contributed by atoms with Crippen molar-refractivity contribution < 1.29 is 0 Å². The van der Waals surface area contributed by atoms with Crippen molar-refractivity contribution in [1.82, 2.24) is 10.2 Å². The summed E-state index contributed by atoms with van der Waals surface area (Å²) in [6, 6.07) is 22.1. The van der Waals surface area contributed by atoms with Crippen LogP contribution in [0, 0.1) is 5.92 Å². The number of benzene rings is 2. The largest absolute Gasteiger partial charge is 0.304 e. The summed E-state index contributed by atoms with van der Waals surface area (Å²) >= 11 is 0.